The summed E-state index contributed by atoms with van der Waals surface area (Å²) in [6.45, 7) is 4.07. The standard InChI is InChI=1S/C13H15FN3OP/c1-19(2)12-11(5-6-17-13(12)16)18-10-4-3-8(15)7-9(10)14/h3-7H,15H2,1-2H3,(H2,16,17). The van der Waals surface area contributed by atoms with Crippen LogP contribution in [0.2, 0.25) is 0 Å². The molecule has 0 unspecified atom stereocenters. The molecule has 0 aliphatic rings. The fraction of sp³-hybridized carbons (Fsp3) is 0.154. The predicted molar refractivity (Wildman–Crippen MR) is 77.9 cm³/mol. The van der Waals surface area contributed by atoms with Gasteiger partial charge in [-0.3, -0.25) is 0 Å². The summed E-state index contributed by atoms with van der Waals surface area (Å²) in [6, 6.07) is 5.99. The molecule has 0 spiro atoms. The molecule has 0 amide bonds. The number of hydrogen-bond donors (Lipinski definition) is 2. The maximum absolute atomic E-state index is 13.7. The Balaban J connectivity index is 2.41. The van der Waals surface area contributed by atoms with Crippen molar-refractivity contribution in [2.24, 2.45) is 0 Å². The number of aromatic nitrogens is 1. The van der Waals surface area contributed by atoms with Crippen molar-refractivity contribution in [2.75, 3.05) is 24.8 Å². The van der Waals surface area contributed by atoms with Gasteiger partial charge in [0.1, 0.15) is 11.6 Å². The molecule has 4 nitrogen and oxygen atoms in total. The van der Waals surface area contributed by atoms with Gasteiger partial charge in [0.25, 0.3) is 0 Å². The van der Waals surface area contributed by atoms with Gasteiger partial charge in [-0.05, 0) is 31.5 Å². The Labute approximate surface area is 112 Å². The Morgan fingerprint density at radius 2 is 1.89 bits per heavy atom. The minimum atomic E-state index is -0.509. The third-order valence-corrected chi connectivity index (χ3v) is 3.88. The first-order chi connectivity index (χ1) is 8.99. The summed E-state index contributed by atoms with van der Waals surface area (Å²) in [5.41, 5.74) is 11.7. The lowest BCUT2D eigenvalue weighted by Crippen LogP contribution is -2.12. The number of benzene rings is 1. The Morgan fingerprint density at radius 3 is 2.53 bits per heavy atom. The molecule has 1 heterocycles. The first-order valence-corrected chi connectivity index (χ1v) is 7.87. The van der Waals surface area contributed by atoms with E-state index in [1.165, 1.54) is 12.1 Å². The van der Waals surface area contributed by atoms with Crippen molar-refractivity contribution in [2.45, 2.75) is 0 Å². The Kier molecular flexibility index (Phi) is 3.86. The van der Waals surface area contributed by atoms with Gasteiger partial charge in [-0.15, -0.1) is 0 Å². The number of nitrogens with two attached hydrogens (primary N) is 2. The highest BCUT2D eigenvalue weighted by molar-refractivity contribution is 7.64. The minimum absolute atomic E-state index is 0.123. The van der Waals surface area contributed by atoms with Crippen molar-refractivity contribution in [3.05, 3.63) is 36.3 Å². The third-order valence-electron chi connectivity index (χ3n) is 2.54. The number of pyridine rings is 1. The molecule has 1 aromatic carbocycles. The van der Waals surface area contributed by atoms with E-state index in [-0.39, 0.29) is 5.75 Å². The molecule has 0 bridgehead atoms. The van der Waals surface area contributed by atoms with Gasteiger partial charge >= 0.3 is 0 Å². The Morgan fingerprint density at radius 1 is 1.16 bits per heavy atom. The van der Waals surface area contributed by atoms with Gasteiger partial charge in [0, 0.05) is 18.0 Å². The molecule has 4 N–H and O–H groups in total. The van der Waals surface area contributed by atoms with Gasteiger partial charge in [0.15, 0.2) is 11.6 Å². The molecule has 1 aromatic heterocycles. The van der Waals surface area contributed by atoms with E-state index in [4.69, 9.17) is 16.2 Å². The lowest BCUT2D eigenvalue weighted by atomic mass is 10.3. The van der Waals surface area contributed by atoms with Crippen molar-refractivity contribution >= 4 is 24.7 Å². The number of halogens is 1. The summed E-state index contributed by atoms with van der Waals surface area (Å²) in [7, 11) is -0.509. The van der Waals surface area contributed by atoms with Crippen molar-refractivity contribution < 1.29 is 9.13 Å². The van der Waals surface area contributed by atoms with Crippen molar-refractivity contribution in [3.63, 3.8) is 0 Å². The van der Waals surface area contributed by atoms with Crippen LogP contribution in [0.25, 0.3) is 0 Å². The quantitative estimate of drug-likeness (QED) is 0.669. The van der Waals surface area contributed by atoms with Crippen LogP contribution in [0.5, 0.6) is 11.5 Å². The summed E-state index contributed by atoms with van der Waals surface area (Å²) in [5, 5.41) is 0.828. The highest BCUT2D eigenvalue weighted by Crippen LogP contribution is 2.34. The van der Waals surface area contributed by atoms with Gasteiger partial charge in [0.2, 0.25) is 0 Å². The average molecular weight is 279 g/mol. The molecule has 19 heavy (non-hydrogen) atoms. The molecule has 0 saturated heterocycles. The number of anilines is 2. The fourth-order valence-electron chi connectivity index (χ4n) is 1.70. The maximum atomic E-state index is 13.7. The van der Waals surface area contributed by atoms with Crippen molar-refractivity contribution in [1.29, 1.82) is 0 Å². The first kappa shape index (κ1) is 13.6. The van der Waals surface area contributed by atoms with Gasteiger partial charge in [-0.2, -0.15) is 0 Å². The Hall–Kier alpha value is -1.87. The zero-order valence-corrected chi connectivity index (χ0v) is 11.6. The molecular formula is C13H15FN3OP. The second-order valence-corrected chi connectivity index (χ2v) is 6.47. The van der Waals surface area contributed by atoms with Crippen LogP contribution >= 0.6 is 7.92 Å². The minimum Gasteiger partial charge on any atom is -0.453 e. The van der Waals surface area contributed by atoms with Gasteiger partial charge in [-0.25, -0.2) is 9.37 Å². The van der Waals surface area contributed by atoms with E-state index in [1.807, 2.05) is 13.3 Å². The zero-order chi connectivity index (χ0) is 14.0. The Bertz CT molecular complexity index is 604. The van der Waals surface area contributed by atoms with E-state index in [1.54, 1.807) is 18.3 Å². The molecule has 0 atom stereocenters. The van der Waals surface area contributed by atoms with E-state index in [0.717, 1.165) is 5.30 Å². The number of ether oxygens (including phenoxy) is 1. The van der Waals surface area contributed by atoms with E-state index >= 15 is 0 Å². The summed E-state index contributed by atoms with van der Waals surface area (Å²) in [6.07, 6.45) is 1.54. The van der Waals surface area contributed by atoms with Crippen molar-refractivity contribution in [1.82, 2.24) is 4.98 Å². The summed E-state index contributed by atoms with van der Waals surface area (Å²) in [5.74, 6) is 0.576. The van der Waals surface area contributed by atoms with E-state index in [9.17, 15) is 4.39 Å². The SMILES string of the molecule is CP(C)c1c(Oc2ccc(N)cc2F)ccnc1N. The number of nitrogens with zero attached hydrogens (tertiary/aromatic N) is 1. The smallest absolute Gasteiger partial charge is 0.167 e. The van der Waals surface area contributed by atoms with Crippen LogP contribution in [0.3, 0.4) is 0 Å². The lowest BCUT2D eigenvalue weighted by Gasteiger charge is -2.15. The van der Waals surface area contributed by atoms with Crippen LogP contribution in [0.15, 0.2) is 30.5 Å². The summed E-state index contributed by atoms with van der Waals surface area (Å²) in [4.78, 5) is 4.04. The van der Waals surface area contributed by atoms with Gasteiger partial charge < -0.3 is 16.2 Å². The fourth-order valence-corrected chi connectivity index (χ4v) is 2.78. The maximum Gasteiger partial charge on any atom is 0.167 e. The van der Waals surface area contributed by atoms with Gasteiger partial charge in [-0.1, -0.05) is 7.92 Å². The highest BCUT2D eigenvalue weighted by Gasteiger charge is 2.14. The molecular weight excluding hydrogens is 264 g/mol. The molecule has 0 aliphatic carbocycles. The van der Waals surface area contributed by atoms with Crippen LogP contribution < -0.4 is 21.5 Å². The molecule has 0 radical (unpaired) electrons. The second-order valence-electron chi connectivity index (χ2n) is 4.23. The summed E-state index contributed by atoms with van der Waals surface area (Å²) < 4.78 is 19.3. The second kappa shape index (κ2) is 5.41. The monoisotopic (exact) mass is 279 g/mol. The third kappa shape index (κ3) is 2.93. The zero-order valence-electron chi connectivity index (χ0n) is 10.7. The molecule has 2 rings (SSSR count). The van der Waals surface area contributed by atoms with Crippen molar-refractivity contribution in [3.8, 4) is 11.5 Å². The molecule has 0 aliphatic heterocycles. The van der Waals surface area contributed by atoms with Crippen LogP contribution in [0.4, 0.5) is 15.9 Å². The number of nitrogen functional groups attached to an aromatic ring is 2. The average Bonchev–Trinajstić information content (AvgIpc) is 2.32. The topological polar surface area (TPSA) is 74.2 Å². The van der Waals surface area contributed by atoms with E-state index in [2.05, 4.69) is 4.98 Å². The molecule has 2 aromatic rings. The normalized spacial score (nSPS) is 10.7. The van der Waals surface area contributed by atoms with E-state index in [0.29, 0.717) is 17.3 Å². The highest BCUT2D eigenvalue weighted by atomic mass is 31.1. The van der Waals surface area contributed by atoms with Crippen LogP contribution in [-0.4, -0.2) is 18.3 Å². The van der Waals surface area contributed by atoms with Crippen LogP contribution in [0.1, 0.15) is 0 Å². The molecule has 6 heteroatoms. The molecule has 0 fully saturated rings. The molecule has 0 saturated carbocycles. The van der Waals surface area contributed by atoms with Crippen LogP contribution in [0, 0.1) is 5.82 Å². The van der Waals surface area contributed by atoms with Crippen LogP contribution in [-0.2, 0) is 0 Å². The van der Waals surface area contributed by atoms with E-state index < -0.39 is 13.7 Å². The summed E-state index contributed by atoms with van der Waals surface area (Å²) >= 11 is 0. The number of rotatable bonds is 3. The first-order valence-electron chi connectivity index (χ1n) is 5.63. The lowest BCUT2D eigenvalue weighted by molar-refractivity contribution is 0.445. The number of hydrogen-bond acceptors (Lipinski definition) is 4. The largest absolute Gasteiger partial charge is 0.453 e. The predicted octanol–water partition coefficient (Wildman–Crippen LogP) is 2.54. The van der Waals surface area contributed by atoms with Gasteiger partial charge in [0.05, 0.1) is 5.30 Å². The molecule has 100 valence electrons.